The van der Waals surface area contributed by atoms with Crippen LogP contribution >= 0.6 is 35.0 Å². The molecule has 0 amide bonds. The molecule has 1 fully saturated rings. The number of hydrogen-bond acceptors (Lipinski definition) is 7. The molecule has 1 aliphatic rings. The van der Waals surface area contributed by atoms with Crippen LogP contribution in [0.15, 0.2) is 22.2 Å². The highest BCUT2D eigenvalue weighted by Crippen LogP contribution is 2.38. The molecule has 0 atom stereocenters. The van der Waals surface area contributed by atoms with E-state index in [0.717, 1.165) is 19.1 Å². The molecule has 0 N–H and O–H groups in total. The fourth-order valence-corrected chi connectivity index (χ4v) is 4.87. The van der Waals surface area contributed by atoms with Crippen LogP contribution in [0.2, 0.25) is 5.02 Å². The molecule has 0 aliphatic heterocycles. The van der Waals surface area contributed by atoms with Gasteiger partial charge in [-0.3, -0.25) is 4.79 Å². The molecule has 1 saturated carbocycles. The first-order valence-corrected chi connectivity index (χ1v) is 10.5. The molecule has 0 bridgehead atoms. The molecular weight excluding hydrogens is 395 g/mol. The quantitative estimate of drug-likeness (QED) is 0.537. The summed E-state index contributed by atoms with van der Waals surface area (Å²) in [7, 11) is -3.51. The van der Waals surface area contributed by atoms with Gasteiger partial charge in [-0.1, -0.05) is 23.4 Å². The van der Waals surface area contributed by atoms with Crippen molar-refractivity contribution in [2.24, 2.45) is 0 Å². The summed E-state index contributed by atoms with van der Waals surface area (Å²) < 4.78 is 25.7. The van der Waals surface area contributed by atoms with E-state index in [-0.39, 0.29) is 21.2 Å². The van der Waals surface area contributed by atoms with Gasteiger partial charge in [0, 0.05) is 17.6 Å². The van der Waals surface area contributed by atoms with Gasteiger partial charge < -0.3 is 0 Å². The van der Waals surface area contributed by atoms with Crippen LogP contribution in [0.5, 0.6) is 0 Å². The van der Waals surface area contributed by atoms with E-state index in [1.165, 1.54) is 23.9 Å². The summed E-state index contributed by atoms with van der Waals surface area (Å²) >= 11 is 13.0. The highest BCUT2D eigenvalue weighted by Gasteiger charge is 2.28. The topological polar surface area (TPSA) is 94.8 Å². The molecule has 1 aromatic heterocycles. The summed E-state index contributed by atoms with van der Waals surface area (Å²) in [6.45, 7) is 0. The lowest BCUT2D eigenvalue weighted by atomic mass is 10.1. The van der Waals surface area contributed by atoms with E-state index < -0.39 is 15.1 Å². The second kappa shape index (κ2) is 6.62. The molecule has 0 unspecified atom stereocenters. The molecule has 2 aromatic rings. The fraction of sp³-hybridized carbons (Fsp3) is 0.385. The smallest absolute Gasteiger partial charge is 0.253 e. The van der Waals surface area contributed by atoms with E-state index >= 15 is 0 Å². The van der Waals surface area contributed by atoms with Crippen molar-refractivity contribution in [3.63, 3.8) is 0 Å². The van der Waals surface area contributed by atoms with E-state index in [0.29, 0.717) is 16.8 Å². The molecular formula is C13H12Cl2N4O3S2. The van der Waals surface area contributed by atoms with Gasteiger partial charge in [-0.15, -0.1) is 5.10 Å². The third-order valence-electron chi connectivity index (χ3n) is 3.51. The summed E-state index contributed by atoms with van der Waals surface area (Å²) in [5, 5.41) is 11.4. The summed E-state index contributed by atoms with van der Waals surface area (Å²) in [4.78, 5) is 11.5. The van der Waals surface area contributed by atoms with Gasteiger partial charge in [0.2, 0.25) is 5.16 Å². The molecule has 128 valence electrons. The zero-order valence-corrected chi connectivity index (χ0v) is 15.6. The molecule has 1 aliphatic carbocycles. The molecule has 11 heteroatoms. The van der Waals surface area contributed by atoms with Crippen molar-refractivity contribution in [1.82, 2.24) is 20.2 Å². The Hall–Kier alpha value is -1.16. The van der Waals surface area contributed by atoms with E-state index in [9.17, 15) is 13.2 Å². The Balaban J connectivity index is 1.97. The minimum absolute atomic E-state index is 0.0378. The second-order valence-corrected chi connectivity index (χ2v) is 9.02. The minimum Gasteiger partial charge on any atom is -0.276 e. The van der Waals surface area contributed by atoms with Crippen molar-refractivity contribution < 1.29 is 13.2 Å². The standard InChI is InChI=1S/C13H12Cl2N4O3S2/c1-24(21,22)10-5-4-8(12(15)20)11(14)9(10)6-23-13-16-17-18-19(13)7-2-3-7/h4-5,7H,2-3,6H2,1H3. The van der Waals surface area contributed by atoms with Crippen LogP contribution in [0, 0.1) is 0 Å². The predicted molar refractivity (Wildman–Crippen MR) is 90.4 cm³/mol. The minimum atomic E-state index is -3.51. The zero-order valence-electron chi connectivity index (χ0n) is 12.4. The van der Waals surface area contributed by atoms with Crippen LogP contribution in [0.3, 0.4) is 0 Å². The third-order valence-corrected chi connectivity index (χ3v) is 6.29. The van der Waals surface area contributed by atoms with Gasteiger partial charge in [0.1, 0.15) is 0 Å². The average molecular weight is 407 g/mol. The number of nitrogens with zero attached hydrogens (tertiary/aromatic N) is 4. The van der Waals surface area contributed by atoms with Crippen molar-refractivity contribution in [2.75, 3.05) is 6.26 Å². The second-order valence-electron chi connectivity index (χ2n) is 5.38. The SMILES string of the molecule is CS(=O)(=O)c1ccc(C(=O)Cl)c(Cl)c1CSc1nnnn1C1CC1. The Kier molecular flexibility index (Phi) is 4.87. The first-order valence-electron chi connectivity index (χ1n) is 6.91. The maximum atomic E-state index is 12.0. The number of benzene rings is 1. The Morgan fingerprint density at radius 2 is 2.12 bits per heavy atom. The van der Waals surface area contributed by atoms with Crippen molar-refractivity contribution in [3.8, 4) is 0 Å². The maximum Gasteiger partial charge on any atom is 0.253 e. The van der Waals surface area contributed by atoms with Crippen molar-refractivity contribution in [2.45, 2.75) is 34.7 Å². The molecule has 7 nitrogen and oxygen atoms in total. The highest BCUT2D eigenvalue weighted by atomic mass is 35.5. The lowest BCUT2D eigenvalue weighted by molar-refractivity contribution is 0.108. The number of carbonyl (C=O) groups excluding carboxylic acids is 1. The summed E-state index contributed by atoms with van der Waals surface area (Å²) in [5.74, 6) is 0.201. The van der Waals surface area contributed by atoms with Crippen molar-refractivity contribution in [1.29, 1.82) is 0 Å². The number of aromatic nitrogens is 4. The van der Waals surface area contributed by atoms with Crippen LogP contribution in [-0.4, -0.2) is 40.1 Å². The first kappa shape index (κ1) is 17.7. The van der Waals surface area contributed by atoms with Crippen LogP contribution < -0.4 is 0 Å². The average Bonchev–Trinajstić information content (AvgIpc) is 3.23. The number of carbonyl (C=O) groups is 1. The Morgan fingerprint density at radius 3 is 2.71 bits per heavy atom. The number of halogens is 2. The van der Waals surface area contributed by atoms with Crippen molar-refractivity contribution in [3.05, 3.63) is 28.3 Å². The molecule has 1 heterocycles. The van der Waals surface area contributed by atoms with Crippen molar-refractivity contribution >= 4 is 50.0 Å². The van der Waals surface area contributed by atoms with Crippen LogP contribution in [0.25, 0.3) is 0 Å². The summed E-state index contributed by atoms with van der Waals surface area (Å²) in [6, 6.07) is 2.95. The lowest BCUT2D eigenvalue weighted by Gasteiger charge is -2.12. The number of rotatable bonds is 6. The van der Waals surface area contributed by atoms with E-state index in [4.69, 9.17) is 23.2 Å². The maximum absolute atomic E-state index is 12.0. The predicted octanol–water partition coefficient (Wildman–Crippen LogP) is 2.74. The van der Waals surface area contributed by atoms with E-state index in [1.54, 1.807) is 4.68 Å². The summed E-state index contributed by atoms with van der Waals surface area (Å²) in [5.41, 5.74) is 0.393. The van der Waals surface area contributed by atoms with Gasteiger partial charge in [0.05, 0.1) is 21.5 Å². The van der Waals surface area contributed by atoms with E-state index in [1.807, 2.05) is 0 Å². The summed E-state index contributed by atoms with van der Waals surface area (Å²) in [6.07, 6.45) is 3.12. The van der Waals surface area contributed by atoms with Gasteiger partial charge in [-0.2, -0.15) is 0 Å². The molecule has 0 spiro atoms. The Morgan fingerprint density at radius 1 is 1.42 bits per heavy atom. The van der Waals surface area contributed by atoms with Gasteiger partial charge in [-0.05, 0) is 47.0 Å². The number of sulfone groups is 1. The highest BCUT2D eigenvalue weighted by molar-refractivity contribution is 7.98. The van der Waals surface area contributed by atoms with Gasteiger partial charge in [-0.25, -0.2) is 13.1 Å². The van der Waals surface area contributed by atoms with Crippen LogP contribution in [0.4, 0.5) is 0 Å². The number of thioether (sulfide) groups is 1. The van der Waals surface area contributed by atoms with Gasteiger partial charge in [0.15, 0.2) is 9.84 Å². The molecule has 3 rings (SSSR count). The molecule has 1 aromatic carbocycles. The van der Waals surface area contributed by atoms with E-state index in [2.05, 4.69) is 15.5 Å². The largest absolute Gasteiger partial charge is 0.276 e. The molecule has 0 saturated heterocycles. The third kappa shape index (κ3) is 3.58. The monoisotopic (exact) mass is 406 g/mol. The first-order chi connectivity index (χ1) is 11.3. The Bertz CT molecular complexity index is 910. The molecule has 0 radical (unpaired) electrons. The number of hydrogen-bond donors (Lipinski definition) is 0. The Labute approximate surface area is 152 Å². The zero-order chi connectivity index (χ0) is 17.5. The lowest BCUT2D eigenvalue weighted by Crippen LogP contribution is -2.06. The van der Waals surface area contributed by atoms with Crippen LogP contribution in [0.1, 0.15) is 34.8 Å². The number of tetrazole rings is 1. The van der Waals surface area contributed by atoms with Gasteiger partial charge in [0.25, 0.3) is 5.24 Å². The molecule has 24 heavy (non-hydrogen) atoms. The fourth-order valence-electron chi connectivity index (χ4n) is 2.20. The van der Waals surface area contributed by atoms with Gasteiger partial charge >= 0.3 is 0 Å². The van der Waals surface area contributed by atoms with Crippen LogP contribution in [-0.2, 0) is 15.6 Å². The normalized spacial score (nSPS) is 14.8.